The SMILES string of the molecule is C=C(C)C(=O)OCCCOC(=O)c1ccc(-c2ccc(OC(=O)C(=C)C)c(OC)c2)cc1C(=O)OCCCOC(=O)C(=C)C. The van der Waals surface area contributed by atoms with Crippen LogP contribution in [-0.4, -0.2) is 63.4 Å². The van der Waals surface area contributed by atoms with Gasteiger partial charge in [0, 0.05) is 29.6 Å². The van der Waals surface area contributed by atoms with Crippen LogP contribution < -0.4 is 9.47 Å². The molecule has 11 nitrogen and oxygen atoms in total. The lowest BCUT2D eigenvalue weighted by Crippen LogP contribution is -2.17. The first-order valence-corrected chi connectivity index (χ1v) is 13.5. The zero-order valence-electron chi connectivity index (χ0n) is 25.3. The van der Waals surface area contributed by atoms with Crippen molar-refractivity contribution < 1.29 is 52.4 Å². The second-order valence-corrected chi connectivity index (χ2v) is 9.61. The van der Waals surface area contributed by atoms with Crippen LogP contribution in [0.3, 0.4) is 0 Å². The number of esters is 5. The van der Waals surface area contributed by atoms with E-state index in [2.05, 4.69) is 19.7 Å². The third kappa shape index (κ3) is 10.6. The molecule has 0 bridgehead atoms. The summed E-state index contributed by atoms with van der Waals surface area (Å²) >= 11 is 0. The highest BCUT2D eigenvalue weighted by atomic mass is 16.6. The lowest BCUT2D eigenvalue weighted by Gasteiger charge is -2.14. The summed E-state index contributed by atoms with van der Waals surface area (Å²) in [5, 5.41) is 0. The van der Waals surface area contributed by atoms with Gasteiger partial charge in [0.15, 0.2) is 11.5 Å². The Morgan fingerprint density at radius 2 is 1.02 bits per heavy atom. The molecular formula is C33H36O11. The number of carbonyl (C=O) groups excluding carboxylic acids is 5. The predicted octanol–water partition coefficient (Wildman–Crippen LogP) is 5.18. The summed E-state index contributed by atoms with van der Waals surface area (Å²) in [6, 6.07) is 9.27. The lowest BCUT2D eigenvalue weighted by molar-refractivity contribution is -0.140. The Morgan fingerprint density at radius 1 is 0.568 bits per heavy atom. The highest BCUT2D eigenvalue weighted by molar-refractivity contribution is 6.04. The van der Waals surface area contributed by atoms with Crippen molar-refractivity contribution >= 4 is 29.8 Å². The fourth-order valence-electron chi connectivity index (χ4n) is 3.37. The molecule has 0 aromatic heterocycles. The van der Waals surface area contributed by atoms with E-state index in [-0.39, 0.29) is 78.6 Å². The second kappa shape index (κ2) is 17.1. The van der Waals surface area contributed by atoms with E-state index >= 15 is 0 Å². The number of benzene rings is 2. The van der Waals surface area contributed by atoms with Gasteiger partial charge in [-0.15, -0.1) is 0 Å². The van der Waals surface area contributed by atoms with Gasteiger partial charge in [0.05, 0.1) is 44.7 Å². The molecule has 234 valence electrons. The van der Waals surface area contributed by atoms with Crippen molar-refractivity contribution in [2.75, 3.05) is 33.5 Å². The minimum Gasteiger partial charge on any atom is -0.493 e. The van der Waals surface area contributed by atoms with Crippen molar-refractivity contribution in [3.8, 4) is 22.6 Å². The van der Waals surface area contributed by atoms with E-state index in [1.165, 1.54) is 46.1 Å². The van der Waals surface area contributed by atoms with Crippen molar-refractivity contribution in [1.82, 2.24) is 0 Å². The molecule has 44 heavy (non-hydrogen) atoms. The minimum absolute atomic E-state index is 0.00591. The third-order valence-corrected chi connectivity index (χ3v) is 5.71. The predicted molar refractivity (Wildman–Crippen MR) is 160 cm³/mol. The fraction of sp³-hybridized carbons (Fsp3) is 0.303. The normalized spacial score (nSPS) is 10.2. The second-order valence-electron chi connectivity index (χ2n) is 9.61. The maximum absolute atomic E-state index is 13.1. The van der Waals surface area contributed by atoms with E-state index in [0.29, 0.717) is 11.1 Å². The van der Waals surface area contributed by atoms with Gasteiger partial charge in [-0.1, -0.05) is 31.9 Å². The van der Waals surface area contributed by atoms with E-state index in [4.69, 9.17) is 28.4 Å². The van der Waals surface area contributed by atoms with Gasteiger partial charge in [0.1, 0.15) is 0 Å². The molecule has 2 aromatic carbocycles. The van der Waals surface area contributed by atoms with Crippen LogP contribution in [0.15, 0.2) is 72.9 Å². The van der Waals surface area contributed by atoms with Crippen LogP contribution >= 0.6 is 0 Å². The molecule has 0 aliphatic rings. The first kappa shape index (κ1) is 35.0. The van der Waals surface area contributed by atoms with E-state index < -0.39 is 29.8 Å². The largest absolute Gasteiger partial charge is 0.493 e. The zero-order valence-corrected chi connectivity index (χ0v) is 25.3. The standard InChI is InChI=1S/C33H36O11/c1-20(2)29(34)40-14-8-16-42-32(37)25-12-10-23(18-26(25)33(38)43-17-9-15-41-30(35)21(3)4)24-11-13-27(28(19-24)39-7)44-31(36)22(5)6/h10-13,18-19H,1,3,5,8-9,14-17H2,2,4,6-7H3. The van der Waals surface area contributed by atoms with Crippen molar-refractivity contribution in [2.45, 2.75) is 33.6 Å². The summed E-state index contributed by atoms with van der Waals surface area (Å²) in [6.07, 6.45) is 0.447. The zero-order chi connectivity index (χ0) is 32.8. The van der Waals surface area contributed by atoms with Gasteiger partial charge in [-0.2, -0.15) is 0 Å². The summed E-state index contributed by atoms with van der Waals surface area (Å²) in [7, 11) is 1.41. The summed E-state index contributed by atoms with van der Waals surface area (Å²) in [5.74, 6) is -2.90. The van der Waals surface area contributed by atoms with Gasteiger partial charge in [0.2, 0.25) is 0 Å². The molecule has 0 unspecified atom stereocenters. The number of ether oxygens (including phenoxy) is 6. The van der Waals surface area contributed by atoms with Crippen LogP contribution in [0.4, 0.5) is 0 Å². The highest BCUT2D eigenvalue weighted by Gasteiger charge is 2.22. The molecule has 2 aromatic rings. The molecule has 0 saturated carbocycles. The Labute approximate surface area is 256 Å². The third-order valence-electron chi connectivity index (χ3n) is 5.71. The average Bonchev–Trinajstić information content (AvgIpc) is 2.99. The average molecular weight is 609 g/mol. The molecule has 0 atom stereocenters. The molecule has 0 saturated heterocycles. The van der Waals surface area contributed by atoms with Crippen LogP contribution in [0.1, 0.15) is 54.3 Å². The first-order chi connectivity index (χ1) is 20.8. The van der Waals surface area contributed by atoms with E-state index in [9.17, 15) is 24.0 Å². The monoisotopic (exact) mass is 608 g/mol. The molecule has 0 spiro atoms. The summed E-state index contributed by atoms with van der Waals surface area (Å²) in [5.41, 5.74) is 1.68. The Kier molecular flexibility index (Phi) is 13.6. The van der Waals surface area contributed by atoms with Crippen LogP contribution in [0.25, 0.3) is 11.1 Å². The maximum Gasteiger partial charge on any atom is 0.339 e. The molecule has 11 heteroatoms. The Balaban J connectivity index is 2.27. The van der Waals surface area contributed by atoms with Gasteiger partial charge >= 0.3 is 29.8 Å². The molecule has 2 rings (SSSR count). The molecule has 0 aliphatic heterocycles. The highest BCUT2D eigenvalue weighted by Crippen LogP contribution is 2.34. The van der Waals surface area contributed by atoms with Crippen LogP contribution in [0, 0.1) is 0 Å². The van der Waals surface area contributed by atoms with E-state index in [0.717, 1.165) is 0 Å². The van der Waals surface area contributed by atoms with Crippen molar-refractivity contribution in [2.24, 2.45) is 0 Å². The van der Waals surface area contributed by atoms with E-state index in [1.807, 2.05) is 0 Å². The molecular weight excluding hydrogens is 572 g/mol. The van der Waals surface area contributed by atoms with Gasteiger partial charge < -0.3 is 28.4 Å². The molecule has 0 heterocycles. The number of carbonyl (C=O) groups is 5. The van der Waals surface area contributed by atoms with Gasteiger partial charge in [-0.05, 0) is 56.2 Å². The molecule has 0 radical (unpaired) electrons. The van der Waals surface area contributed by atoms with Crippen LogP contribution in [0.2, 0.25) is 0 Å². The fourth-order valence-corrected chi connectivity index (χ4v) is 3.37. The maximum atomic E-state index is 13.1. The Bertz CT molecular complexity index is 1450. The smallest absolute Gasteiger partial charge is 0.339 e. The Morgan fingerprint density at radius 3 is 1.52 bits per heavy atom. The first-order valence-electron chi connectivity index (χ1n) is 13.5. The molecule has 0 aliphatic carbocycles. The van der Waals surface area contributed by atoms with Crippen LogP contribution in [-0.2, 0) is 33.3 Å². The van der Waals surface area contributed by atoms with Crippen LogP contribution in [0.5, 0.6) is 11.5 Å². The summed E-state index contributed by atoms with van der Waals surface area (Å²) < 4.78 is 31.3. The van der Waals surface area contributed by atoms with Gasteiger partial charge in [0.25, 0.3) is 0 Å². The number of hydrogen-bond donors (Lipinski definition) is 0. The van der Waals surface area contributed by atoms with E-state index in [1.54, 1.807) is 18.2 Å². The number of rotatable bonds is 16. The lowest BCUT2D eigenvalue weighted by atomic mass is 9.98. The van der Waals surface area contributed by atoms with Gasteiger partial charge in [-0.25, -0.2) is 24.0 Å². The van der Waals surface area contributed by atoms with Crippen molar-refractivity contribution in [3.63, 3.8) is 0 Å². The molecule has 0 N–H and O–H groups in total. The summed E-state index contributed by atoms with van der Waals surface area (Å²) in [6.45, 7) is 15.0. The Hall–Kier alpha value is -5.19. The van der Waals surface area contributed by atoms with Crippen molar-refractivity contribution in [1.29, 1.82) is 0 Å². The minimum atomic E-state index is -0.806. The number of hydrogen-bond acceptors (Lipinski definition) is 11. The number of methoxy groups -OCH3 is 1. The quantitative estimate of drug-likeness (QED) is 0.0819. The topological polar surface area (TPSA) is 141 Å². The van der Waals surface area contributed by atoms with Gasteiger partial charge in [-0.3, -0.25) is 0 Å². The van der Waals surface area contributed by atoms with Crippen molar-refractivity contribution in [3.05, 3.63) is 84.0 Å². The molecule has 0 amide bonds. The summed E-state index contributed by atoms with van der Waals surface area (Å²) in [4.78, 5) is 61.1. The molecule has 0 fully saturated rings.